The molecular weight excluding hydrogens is 242 g/mol. The molecule has 0 radical (unpaired) electrons. The van der Waals surface area contributed by atoms with E-state index >= 15 is 0 Å². The van der Waals surface area contributed by atoms with Gasteiger partial charge in [0.2, 0.25) is 0 Å². The third-order valence-electron chi connectivity index (χ3n) is 3.21. The van der Waals surface area contributed by atoms with Crippen molar-refractivity contribution < 1.29 is 0 Å². The second-order valence-electron chi connectivity index (χ2n) is 6.34. The van der Waals surface area contributed by atoms with Crippen molar-refractivity contribution in [3.05, 3.63) is 35.4 Å². The van der Waals surface area contributed by atoms with Gasteiger partial charge in [0.05, 0.1) is 0 Å². The van der Waals surface area contributed by atoms with Crippen LogP contribution < -0.4 is 5.32 Å². The van der Waals surface area contributed by atoms with Crippen LogP contribution in [0.1, 0.15) is 45.7 Å². The predicted octanol–water partition coefficient (Wildman–Crippen LogP) is 4.34. The minimum atomic E-state index is 0.207. The largest absolute Gasteiger partial charge is 0.311 e. The highest BCUT2D eigenvalue weighted by Crippen LogP contribution is 2.22. The van der Waals surface area contributed by atoms with Crippen molar-refractivity contribution in [1.29, 1.82) is 0 Å². The summed E-state index contributed by atoms with van der Waals surface area (Å²) in [7, 11) is 0. The van der Waals surface area contributed by atoms with E-state index in [9.17, 15) is 0 Å². The molecule has 0 spiro atoms. The molecule has 0 aromatic heterocycles. The fraction of sp³-hybridized carbons (Fsp3) is 0.625. The van der Waals surface area contributed by atoms with Crippen LogP contribution in [-0.4, -0.2) is 11.9 Å². The number of nitrogens with one attached hydrogen (secondary N) is 1. The molecule has 0 saturated heterocycles. The van der Waals surface area contributed by atoms with Crippen LogP contribution in [0.15, 0.2) is 24.3 Å². The van der Waals surface area contributed by atoms with E-state index in [-0.39, 0.29) is 10.8 Å². The van der Waals surface area contributed by atoms with E-state index in [4.69, 9.17) is 11.6 Å². The van der Waals surface area contributed by atoms with Crippen molar-refractivity contribution in [2.45, 2.75) is 52.0 Å². The van der Waals surface area contributed by atoms with Gasteiger partial charge >= 0.3 is 0 Å². The van der Waals surface area contributed by atoms with E-state index in [0.29, 0.717) is 5.92 Å². The van der Waals surface area contributed by atoms with Gasteiger partial charge < -0.3 is 5.32 Å². The molecule has 0 aliphatic carbocycles. The van der Waals surface area contributed by atoms with Crippen LogP contribution in [0.3, 0.4) is 0 Å². The van der Waals surface area contributed by atoms with Gasteiger partial charge in [-0.2, -0.15) is 0 Å². The number of alkyl halides is 1. The molecule has 0 aliphatic rings. The predicted molar refractivity (Wildman–Crippen MR) is 81.3 cm³/mol. The molecule has 0 saturated carbocycles. The highest BCUT2D eigenvalue weighted by Gasteiger charge is 2.13. The zero-order valence-corrected chi connectivity index (χ0v) is 13.0. The molecule has 1 aromatic carbocycles. The van der Waals surface area contributed by atoms with Crippen LogP contribution in [0.5, 0.6) is 0 Å². The average Bonchev–Trinajstić information content (AvgIpc) is 2.28. The standard InChI is InChI=1S/C16H26ClN/c1-12(2)15(17)11-18-10-13-6-8-14(9-7-13)16(3,4)5/h6-9,12,15,18H,10-11H2,1-5H3. The van der Waals surface area contributed by atoms with E-state index in [2.05, 4.69) is 64.2 Å². The Kier molecular flexibility index (Phi) is 5.68. The minimum absolute atomic E-state index is 0.207. The molecule has 1 rings (SSSR count). The van der Waals surface area contributed by atoms with Crippen molar-refractivity contribution in [1.82, 2.24) is 5.32 Å². The van der Waals surface area contributed by atoms with Gasteiger partial charge in [-0.15, -0.1) is 11.6 Å². The molecule has 0 fully saturated rings. The monoisotopic (exact) mass is 267 g/mol. The van der Waals surface area contributed by atoms with Crippen molar-refractivity contribution in [3.63, 3.8) is 0 Å². The van der Waals surface area contributed by atoms with Gasteiger partial charge in [0.25, 0.3) is 0 Å². The summed E-state index contributed by atoms with van der Waals surface area (Å²) >= 11 is 6.20. The molecule has 0 heterocycles. The zero-order chi connectivity index (χ0) is 13.8. The summed E-state index contributed by atoms with van der Waals surface area (Å²) in [5.74, 6) is 0.516. The maximum absolute atomic E-state index is 6.20. The van der Waals surface area contributed by atoms with Crippen molar-refractivity contribution in [3.8, 4) is 0 Å². The smallest absolute Gasteiger partial charge is 0.0483 e. The van der Waals surface area contributed by atoms with Gasteiger partial charge in [-0.05, 0) is 22.5 Å². The Bertz CT molecular complexity index is 348. The Labute approximate surface area is 117 Å². The summed E-state index contributed by atoms with van der Waals surface area (Å²) in [6.07, 6.45) is 0. The zero-order valence-electron chi connectivity index (χ0n) is 12.3. The van der Waals surface area contributed by atoms with Crippen LogP contribution in [0.2, 0.25) is 0 Å². The fourth-order valence-corrected chi connectivity index (χ4v) is 1.82. The van der Waals surface area contributed by atoms with Crippen LogP contribution in [0, 0.1) is 5.92 Å². The van der Waals surface area contributed by atoms with Crippen LogP contribution in [0.4, 0.5) is 0 Å². The fourth-order valence-electron chi connectivity index (χ4n) is 1.71. The van der Waals surface area contributed by atoms with Crippen molar-refractivity contribution >= 4 is 11.6 Å². The molecule has 1 aromatic rings. The first kappa shape index (κ1) is 15.5. The average molecular weight is 268 g/mol. The highest BCUT2D eigenvalue weighted by molar-refractivity contribution is 6.20. The topological polar surface area (TPSA) is 12.0 Å². The van der Waals surface area contributed by atoms with Crippen LogP contribution in [0.25, 0.3) is 0 Å². The van der Waals surface area contributed by atoms with Crippen molar-refractivity contribution in [2.24, 2.45) is 5.92 Å². The summed E-state index contributed by atoms with van der Waals surface area (Å²) in [4.78, 5) is 0. The van der Waals surface area contributed by atoms with E-state index in [1.165, 1.54) is 11.1 Å². The molecule has 0 bridgehead atoms. The van der Waals surface area contributed by atoms with Gasteiger partial charge in [-0.1, -0.05) is 58.9 Å². The molecule has 0 amide bonds. The molecule has 0 aliphatic heterocycles. The van der Waals surface area contributed by atoms with E-state index < -0.39 is 0 Å². The van der Waals surface area contributed by atoms with Gasteiger partial charge in [-0.3, -0.25) is 0 Å². The maximum Gasteiger partial charge on any atom is 0.0483 e. The summed E-state index contributed by atoms with van der Waals surface area (Å²) in [6.45, 7) is 12.8. The maximum atomic E-state index is 6.20. The molecule has 18 heavy (non-hydrogen) atoms. The van der Waals surface area contributed by atoms with Crippen LogP contribution in [-0.2, 0) is 12.0 Å². The van der Waals surface area contributed by atoms with Gasteiger partial charge in [0, 0.05) is 18.5 Å². The second-order valence-corrected chi connectivity index (χ2v) is 6.90. The summed E-state index contributed by atoms with van der Waals surface area (Å²) in [5, 5.41) is 3.62. The van der Waals surface area contributed by atoms with E-state index in [0.717, 1.165) is 13.1 Å². The number of benzene rings is 1. The molecule has 1 unspecified atom stereocenters. The van der Waals surface area contributed by atoms with E-state index in [1.807, 2.05) is 0 Å². The number of rotatable bonds is 5. The number of hydrogen-bond donors (Lipinski definition) is 1. The first-order chi connectivity index (χ1) is 8.30. The van der Waals surface area contributed by atoms with Crippen molar-refractivity contribution in [2.75, 3.05) is 6.54 Å². The third-order valence-corrected chi connectivity index (χ3v) is 3.87. The lowest BCUT2D eigenvalue weighted by atomic mass is 9.87. The summed E-state index contributed by atoms with van der Waals surface area (Å²) < 4.78 is 0. The molecule has 102 valence electrons. The lowest BCUT2D eigenvalue weighted by Gasteiger charge is -2.19. The first-order valence-electron chi connectivity index (χ1n) is 6.75. The SMILES string of the molecule is CC(C)C(Cl)CNCc1ccc(C(C)(C)C)cc1. The number of hydrogen-bond acceptors (Lipinski definition) is 1. The Morgan fingerprint density at radius 2 is 1.67 bits per heavy atom. The second kappa shape index (κ2) is 6.58. The molecule has 1 atom stereocenters. The Morgan fingerprint density at radius 1 is 1.11 bits per heavy atom. The lowest BCUT2D eigenvalue weighted by Crippen LogP contribution is -2.26. The quantitative estimate of drug-likeness (QED) is 0.783. The van der Waals surface area contributed by atoms with Gasteiger partial charge in [0.1, 0.15) is 0 Å². The Morgan fingerprint density at radius 3 is 2.11 bits per heavy atom. The Balaban J connectivity index is 2.45. The molecule has 1 nitrogen and oxygen atoms in total. The first-order valence-corrected chi connectivity index (χ1v) is 7.18. The molecule has 1 N–H and O–H groups in total. The van der Waals surface area contributed by atoms with Gasteiger partial charge in [0.15, 0.2) is 0 Å². The Hall–Kier alpha value is -0.530. The minimum Gasteiger partial charge on any atom is -0.311 e. The summed E-state index contributed by atoms with van der Waals surface area (Å²) in [5.41, 5.74) is 2.92. The lowest BCUT2D eigenvalue weighted by molar-refractivity contribution is 0.545. The molecule has 2 heteroatoms. The van der Waals surface area contributed by atoms with E-state index in [1.54, 1.807) is 0 Å². The highest BCUT2D eigenvalue weighted by atomic mass is 35.5. The number of halogens is 1. The van der Waals surface area contributed by atoms with Gasteiger partial charge in [-0.25, -0.2) is 0 Å². The summed E-state index contributed by atoms with van der Waals surface area (Å²) in [6, 6.07) is 8.84. The molecular formula is C16H26ClN. The third kappa shape index (κ3) is 4.99. The normalized spacial score (nSPS) is 13.9. The van der Waals surface area contributed by atoms with Crippen LogP contribution >= 0.6 is 11.6 Å².